The zero-order valence-electron chi connectivity index (χ0n) is 14.2. The van der Waals surface area contributed by atoms with Crippen LogP contribution in [-0.4, -0.2) is 20.3 Å². The summed E-state index contributed by atoms with van der Waals surface area (Å²) in [7, 11) is 1.69. The van der Waals surface area contributed by atoms with Crippen LogP contribution in [0.2, 0.25) is 0 Å². The van der Waals surface area contributed by atoms with Crippen molar-refractivity contribution < 1.29 is 14.0 Å². The van der Waals surface area contributed by atoms with Crippen molar-refractivity contribution in [2.24, 2.45) is 5.92 Å². The van der Waals surface area contributed by atoms with Crippen LogP contribution in [0.4, 0.5) is 4.39 Å². The van der Waals surface area contributed by atoms with E-state index >= 15 is 0 Å². The van der Waals surface area contributed by atoms with E-state index in [1.807, 2.05) is 12.1 Å². The summed E-state index contributed by atoms with van der Waals surface area (Å²) in [6, 6.07) is 14.0. The summed E-state index contributed by atoms with van der Waals surface area (Å²) in [5, 5.41) is 0. The molecule has 2 atom stereocenters. The fraction of sp³-hybridized carbons (Fsp3) is 0.400. The van der Waals surface area contributed by atoms with E-state index in [0.717, 1.165) is 24.1 Å². The molecule has 0 bridgehead atoms. The Balaban J connectivity index is 1.95. The maximum Gasteiger partial charge on any atom is 0.126 e. The molecule has 1 unspecified atom stereocenters. The van der Waals surface area contributed by atoms with Crippen molar-refractivity contribution in [3.05, 3.63) is 70.5 Å². The van der Waals surface area contributed by atoms with E-state index in [9.17, 15) is 4.39 Å². The third-order valence-corrected chi connectivity index (χ3v) is 4.71. The number of nitrogens with one attached hydrogen (secondary N) is 1. The molecule has 0 amide bonds. The highest BCUT2D eigenvalue weighted by Gasteiger charge is 2.27. The molecule has 1 N–H and O–H groups in total. The van der Waals surface area contributed by atoms with Crippen LogP contribution in [0.25, 0.3) is 0 Å². The van der Waals surface area contributed by atoms with Crippen molar-refractivity contribution in [3.63, 3.8) is 0 Å². The van der Waals surface area contributed by atoms with Crippen LogP contribution < -0.4 is 5.48 Å². The van der Waals surface area contributed by atoms with Gasteiger partial charge in [-0.25, -0.2) is 9.87 Å². The lowest BCUT2D eigenvalue weighted by atomic mass is 9.78. The molecule has 2 aromatic rings. The lowest BCUT2D eigenvalue weighted by molar-refractivity contribution is -0.0130. The van der Waals surface area contributed by atoms with Crippen LogP contribution in [0.1, 0.15) is 34.6 Å². The van der Waals surface area contributed by atoms with E-state index < -0.39 is 0 Å². The first kappa shape index (κ1) is 17.1. The van der Waals surface area contributed by atoms with Crippen LogP contribution in [-0.2, 0) is 16.2 Å². The zero-order chi connectivity index (χ0) is 16.9. The highest BCUT2D eigenvalue weighted by molar-refractivity contribution is 5.37. The Kier molecular flexibility index (Phi) is 5.61. The van der Waals surface area contributed by atoms with Gasteiger partial charge in [0, 0.05) is 19.6 Å². The first-order chi connectivity index (χ1) is 11.7. The predicted molar refractivity (Wildman–Crippen MR) is 92.2 cm³/mol. The lowest BCUT2D eigenvalue weighted by Gasteiger charge is -2.31. The third-order valence-electron chi connectivity index (χ3n) is 4.71. The number of aryl methyl sites for hydroxylation is 1. The molecule has 4 heteroatoms. The molecule has 1 aliphatic rings. The first-order valence-electron chi connectivity index (χ1n) is 8.37. The van der Waals surface area contributed by atoms with Crippen molar-refractivity contribution >= 4 is 0 Å². The Bertz CT molecular complexity index is 666. The number of hydrogen-bond donors (Lipinski definition) is 1. The summed E-state index contributed by atoms with van der Waals surface area (Å²) in [5.74, 6) is 0.371. The Hall–Kier alpha value is -1.75. The smallest absolute Gasteiger partial charge is 0.126 e. The van der Waals surface area contributed by atoms with Gasteiger partial charge in [-0.15, -0.1) is 0 Å². The predicted octanol–water partition coefficient (Wildman–Crippen LogP) is 3.95. The van der Waals surface area contributed by atoms with Gasteiger partial charge in [0.2, 0.25) is 0 Å². The van der Waals surface area contributed by atoms with Crippen LogP contribution in [0, 0.1) is 18.7 Å². The van der Waals surface area contributed by atoms with E-state index in [0.29, 0.717) is 24.7 Å². The second-order valence-electron chi connectivity index (χ2n) is 6.41. The second kappa shape index (κ2) is 7.88. The second-order valence-corrected chi connectivity index (χ2v) is 6.41. The molecule has 0 aliphatic carbocycles. The molecule has 0 spiro atoms. The molecule has 3 nitrogen and oxygen atoms in total. The summed E-state index contributed by atoms with van der Waals surface area (Å²) >= 11 is 0. The maximum atomic E-state index is 14.1. The number of hydroxylamine groups is 1. The number of hydrogen-bond acceptors (Lipinski definition) is 3. The van der Waals surface area contributed by atoms with Crippen molar-refractivity contribution in [3.8, 4) is 0 Å². The third kappa shape index (κ3) is 3.83. The van der Waals surface area contributed by atoms with Crippen LogP contribution >= 0.6 is 0 Å². The minimum absolute atomic E-state index is 0.145. The molecule has 2 aromatic carbocycles. The minimum atomic E-state index is -0.145. The largest absolute Gasteiger partial charge is 0.380 e. The van der Waals surface area contributed by atoms with E-state index in [1.54, 1.807) is 20.1 Å². The van der Waals surface area contributed by atoms with E-state index in [4.69, 9.17) is 9.57 Å². The van der Waals surface area contributed by atoms with Gasteiger partial charge in [-0.2, -0.15) is 0 Å². The number of benzene rings is 2. The molecule has 1 fully saturated rings. The number of ether oxygens (including phenoxy) is 1. The highest BCUT2D eigenvalue weighted by atomic mass is 19.1. The summed E-state index contributed by atoms with van der Waals surface area (Å²) in [5.41, 5.74) is 7.04. The van der Waals surface area contributed by atoms with Crippen molar-refractivity contribution in [1.29, 1.82) is 0 Å². The number of halogens is 1. The molecular formula is C20H24FNO2. The van der Waals surface area contributed by atoms with Crippen molar-refractivity contribution in [2.75, 3.05) is 20.3 Å². The van der Waals surface area contributed by atoms with Crippen LogP contribution in [0.3, 0.4) is 0 Å². The molecule has 1 heterocycles. The van der Waals surface area contributed by atoms with Crippen LogP contribution in [0.15, 0.2) is 42.5 Å². The molecule has 1 aliphatic heterocycles. The van der Waals surface area contributed by atoms with Gasteiger partial charge in [0.15, 0.2) is 0 Å². The molecular weight excluding hydrogens is 305 g/mol. The summed E-state index contributed by atoms with van der Waals surface area (Å²) < 4.78 is 19.3. The molecule has 1 saturated heterocycles. The summed E-state index contributed by atoms with van der Waals surface area (Å²) in [4.78, 5) is 5.27. The monoisotopic (exact) mass is 329 g/mol. The van der Waals surface area contributed by atoms with E-state index in [2.05, 4.69) is 29.7 Å². The fourth-order valence-corrected chi connectivity index (χ4v) is 3.36. The zero-order valence-corrected chi connectivity index (χ0v) is 14.2. The maximum absolute atomic E-state index is 14.1. The van der Waals surface area contributed by atoms with E-state index in [1.165, 1.54) is 5.56 Å². The van der Waals surface area contributed by atoms with Gasteiger partial charge in [-0.05, 0) is 47.6 Å². The Morgan fingerprint density at radius 2 is 1.96 bits per heavy atom. The molecule has 24 heavy (non-hydrogen) atoms. The van der Waals surface area contributed by atoms with E-state index in [-0.39, 0.29) is 11.7 Å². The topological polar surface area (TPSA) is 30.5 Å². The molecule has 3 rings (SSSR count). The molecule has 0 aromatic heterocycles. The van der Waals surface area contributed by atoms with Gasteiger partial charge in [0.05, 0.1) is 13.2 Å². The average molecular weight is 329 g/mol. The molecule has 0 radical (unpaired) electrons. The van der Waals surface area contributed by atoms with Gasteiger partial charge in [-0.1, -0.05) is 36.4 Å². The lowest BCUT2D eigenvalue weighted by Crippen LogP contribution is -2.34. The molecule has 0 saturated carbocycles. The number of rotatable bonds is 5. The van der Waals surface area contributed by atoms with Gasteiger partial charge in [0.25, 0.3) is 0 Å². The minimum Gasteiger partial charge on any atom is -0.380 e. The quantitative estimate of drug-likeness (QED) is 0.901. The Labute approximate surface area is 142 Å². The molecule has 128 valence electrons. The van der Waals surface area contributed by atoms with Crippen molar-refractivity contribution in [1.82, 2.24) is 5.48 Å². The highest BCUT2D eigenvalue weighted by Crippen LogP contribution is 2.35. The van der Waals surface area contributed by atoms with Gasteiger partial charge < -0.3 is 9.57 Å². The van der Waals surface area contributed by atoms with Gasteiger partial charge >= 0.3 is 0 Å². The fourth-order valence-electron chi connectivity index (χ4n) is 3.36. The van der Waals surface area contributed by atoms with Crippen molar-refractivity contribution in [2.45, 2.75) is 25.9 Å². The Morgan fingerprint density at radius 1 is 1.21 bits per heavy atom. The normalized spacial score (nSPS) is 19.2. The Morgan fingerprint density at radius 3 is 2.58 bits per heavy atom. The first-order valence-corrected chi connectivity index (χ1v) is 8.37. The number of methoxy groups -OCH3 is 1. The summed E-state index contributed by atoms with van der Waals surface area (Å²) in [6.07, 6.45) is 0.951. The van der Waals surface area contributed by atoms with Gasteiger partial charge in [0.1, 0.15) is 5.82 Å². The average Bonchev–Trinajstić information content (AvgIpc) is 2.61. The SMILES string of the molecule is COCc1ccc([C@H](c2ccc(C)c(F)c2)C2CCONC2)cc1. The standard InChI is InChI=1S/C20H24FNO2/c1-14-3-6-17(11-19(14)21)20(18-9-10-24-22-12-18)16-7-4-15(5-8-16)13-23-2/h3-8,11,18,20,22H,9-10,12-13H2,1-2H3/t18?,20-/m1/s1. The van der Waals surface area contributed by atoms with Crippen LogP contribution in [0.5, 0.6) is 0 Å². The van der Waals surface area contributed by atoms with Gasteiger partial charge in [-0.3, -0.25) is 0 Å². The summed E-state index contributed by atoms with van der Waals surface area (Å²) in [6.45, 7) is 3.84.